The molecule has 0 aliphatic rings. The first-order valence-electron chi connectivity index (χ1n) is 9.43. The molecule has 164 valence electrons. The monoisotopic (exact) mass is 466 g/mol. The topological polar surface area (TPSA) is 104 Å². The molecule has 0 aliphatic carbocycles. The number of para-hydroxylation sites is 1. The number of rotatable bonds is 8. The summed E-state index contributed by atoms with van der Waals surface area (Å²) in [6.07, 6.45) is 2.72. The molecule has 0 spiro atoms. The third-order valence-electron chi connectivity index (χ3n) is 4.28. The van der Waals surface area contributed by atoms with Crippen LogP contribution in [0.25, 0.3) is 11.4 Å². The van der Waals surface area contributed by atoms with Gasteiger partial charge >= 0.3 is 6.01 Å². The number of nitrogens with zero attached hydrogens (tertiary/aromatic N) is 4. The van der Waals surface area contributed by atoms with Crippen molar-refractivity contribution < 1.29 is 17.5 Å². The second-order valence-corrected chi connectivity index (χ2v) is 9.41. The molecule has 0 radical (unpaired) electrons. The van der Waals surface area contributed by atoms with Crippen molar-refractivity contribution in [2.24, 2.45) is 7.05 Å². The van der Waals surface area contributed by atoms with Gasteiger partial charge in [0.25, 0.3) is 0 Å². The van der Waals surface area contributed by atoms with Gasteiger partial charge in [0, 0.05) is 24.9 Å². The van der Waals surface area contributed by atoms with E-state index in [-0.39, 0.29) is 39.7 Å². The summed E-state index contributed by atoms with van der Waals surface area (Å²) in [4.78, 5) is 24.1. The van der Waals surface area contributed by atoms with Crippen LogP contribution in [-0.2, 0) is 22.6 Å². The molecule has 11 heteroatoms. The van der Waals surface area contributed by atoms with E-state index in [2.05, 4.69) is 15.0 Å². The number of halogens is 2. The number of ether oxygens (including phenoxy) is 1. The number of hydrogen-bond donors (Lipinski definition) is 0. The van der Waals surface area contributed by atoms with Crippen molar-refractivity contribution in [1.29, 1.82) is 0 Å². The molecule has 0 fully saturated rings. The molecule has 3 aromatic rings. The zero-order chi connectivity index (χ0) is 22.6. The van der Waals surface area contributed by atoms with Crippen LogP contribution in [0.4, 0.5) is 4.39 Å². The molecule has 0 aliphatic heterocycles. The molecule has 0 saturated carbocycles. The first-order chi connectivity index (χ1) is 14.7. The maximum atomic E-state index is 14.2. The van der Waals surface area contributed by atoms with E-state index in [0.717, 1.165) is 12.5 Å². The molecule has 3 rings (SSSR count). The van der Waals surface area contributed by atoms with E-state index in [1.54, 1.807) is 7.05 Å². The number of aromatic nitrogens is 4. The number of unbranched alkanes of at least 4 members (excludes halogenated alkanes) is 1. The lowest BCUT2D eigenvalue weighted by atomic mass is 10.2. The van der Waals surface area contributed by atoms with Gasteiger partial charge in [0.2, 0.25) is 5.56 Å². The number of benzene rings is 1. The van der Waals surface area contributed by atoms with E-state index in [4.69, 9.17) is 16.3 Å². The first-order valence-corrected chi connectivity index (χ1v) is 11.6. The Morgan fingerprint density at radius 2 is 1.94 bits per heavy atom. The Balaban J connectivity index is 2.07. The van der Waals surface area contributed by atoms with E-state index in [0.29, 0.717) is 12.0 Å². The minimum Gasteiger partial charge on any atom is -0.419 e. The quantitative estimate of drug-likeness (QED) is 0.500. The van der Waals surface area contributed by atoms with Crippen molar-refractivity contribution in [3.8, 4) is 23.1 Å². The minimum absolute atomic E-state index is 0.00110. The second kappa shape index (κ2) is 9.52. The summed E-state index contributed by atoms with van der Waals surface area (Å²) in [6.45, 7) is 1.89. The molecule has 0 bridgehead atoms. The minimum atomic E-state index is -3.48. The fraction of sp³-hybridized carbons (Fsp3) is 0.300. The van der Waals surface area contributed by atoms with E-state index >= 15 is 0 Å². The highest BCUT2D eigenvalue weighted by Crippen LogP contribution is 2.31. The van der Waals surface area contributed by atoms with Crippen LogP contribution in [0, 0.1) is 5.82 Å². The summed E-state index contributed by atoms with van der Waals surface area (Å²) in [5, 5.41) is 0.00110. The van der Waals surface area contributed by atoms with Crippen molar-refractivity contribution in [3.05, 3.63) is 63.5 Å². The third-order valence-corrected chi connectivity index (χ3v) is 6.18. The highest BCUT2D eigenvalue weighted by atomic mass is 35.5. The Bertz CT molecular complexity index is 1240. The number of pyridine rings is 1. The molecule has 0 atom stereocenters. The van der Waals surface area contributed by atoms with Gasteiger partial charge in [-0.15, -0.1) is 0 Å². The highest BCUT2D eigenvalue weighted by molar-refractivity contribution is 7.90. The van der Waals surface area contributed by atoms with Gasteiger partial charge in [-0.05, 0) is 24.6 Å². The van der Waals surface area contributed by atoms with Crippen LogP contribution in [0.2, 0.25) is 5.02 Å². The zero-order valence-corrected chi connectivity index (χ0v) is 18.5. The van der Waals surface area contributed by atoms with E-state index in [1.807, 2.05) is 6.92 Å². The second-order valence-electron chi connectivity index (χ2n) is 6.82. The van der Waals surface area contributed by atoms with Crippen LogP contribution in [0.15, 0.2) is 41.3 Å². The number of sulfone groups is 1. The lowest BCUT2D eigenvalue weighted by Crippen LogP contribution is -2.15. The SMILES string of the molecule is CCCCS(=O)(=O)Cc1nc(Oc2c(F)cccc2Cl)nc(-c2ccc(=O)n(C)c2)n1. The molecule has 8 nitrogen and oxygen atoms in total. The number of hydrogen-bond acceptors (Lipinski definition) is 7. The standard InChI is InChI=1S/C20H20ClFN4O4S/c1-3-4-10-31(28,29)12-16-23-19(13-8-9-17(27)26(2)11-13)25-20(24-16)30-18-14(21)6-5-7-15(18)22/h5-9,11H,3-4,10,12H2,1-2H3. The Labute approximate surface area is 183 Å². The van der Waals surface area contributed by atoms with Crippen molar-refractivity contribution >= 4 is 21.4 Å². The maximum absolute atomic E-state index is 14.2. The summed E-state index contributed by atoms with van der Waals surface area (Å²) in [5.41, 5.74) is 0.191. The summed E-state index contributed by atoms with van der Waals surface area (Å²) in [6, 6.07) is 6.52. The molecule has 1 aromatic carbocycles. The smallest absolute Gasteiger partial charge is 0.325 e. The maximum Gasteiger partial charge on any atom is 0.325 e. The molecular weight excluding hydrogens is 447 g/mol. The first kappa shape index (κ1) is 22.8. The lowest BCUT2D eigenvalue weighted by Gasteiger charge is -2.10. The van der Waals surface area contributed by atoms with Gasteiger partial charge in [-0.1, -0.05) is 31.0 Å². The van der Waals surface area contributed by atoms with Gasteiger partial charge in [0.05, 0.1) is 10.8 Å². The summed E-state index contributed by atoms with van der Waals surface area (Å²) < 4.78 is 45.8. The normalized spacial score (nSPS) is 11.5. The third kappa shape index (κ3) is 5.86. The summed E-state index contributed by atoms with van der Waals surface area (Å²) >= 11 is 6.01. The van der Waals surface area contributed by atoms with Gasteiger partial charge in [0.1, 0.15) is 5.75 Å². The summed E-state index contributed by atoms with van der Waals surface area (Å²) in [7, 11) is -1.93. The summed E-state index contributed by atoms with van der Waals surface area (Å²) in [5.74, 6) is -1.45. The molecule has 0 saturated heterocycles. The van der Waals surface area contributed by atoms with Crippen molar-refractivity contribution in [2.45, 2.75) is 25.5 Å². The van der Waals surface area contributed by atoms with Crippen LogP contribution in [0.1, 0.15) is 25.6 Å². The molecule has 2 aromatic heterocycles. The molecule has 31 heavy (non-hydrogen) atoms. The van der Waals surface area contributed by atoms with E-state index in [1.165, 1.54) is 35.0 Å². The van der Waals surface area contributed by atoms with Crippen LogP contribution >= 0.6 is 11.6 Å². The van der Waals surface area contributed by atoms with Crippen LogP contribution in [-0.4, -0.2) is 33.7 Å². The lowest BCUT2D eigenvalue weighted by molar-refractivity contribution is 0.408. The van der Waals surface area contributed by atoms with Crippen molar-refractivity contribution in [1.82, 2.24) is 19.5 Å². The fourth-order valence-corrected chi connectivity index (χ4v) is 4.27. The Hall–Kier alpha value is -2.85. The van der Waals surface area contributed by atoms with Crippen LogP contribution < -0.4 is 10.3 Å². The van der Waals surface area contributed by atoms with Gasteiger partial charge in [-0.2, -0.15) is 9.97 Å². The van der Waals surface area contributed by atoms with Crippen LogP contribution in [0.3, 0.4) is 0 Å². The average molecular weight is 467 g/mol. The van der Waals surface area contributed by atoms with Gasteiger partial charge in [-0.3, -0.25) is 4.79 Å². The zero-order valence-electron chi connectivity index (χ0n) is 16.9. The van der Waals surface area contributed by atoms with Gasteiger partial charge in [0.15, 0.2) is 33.1 Å². The molecule has 0 N–H and O–H groups in total. The largest absolute Gasteiger partial charge is 0.419 e. The predicted octanol–water partition coefficient (Wildman–Crippen LogP) is 3.54. The predicted molar refractivity (Wildman–Crippen MR) is 114 cm³/mol. The van der Waals surface area contributed by atoms with E-state index < -0.39 is 21.4 Å². The molecule has 0 unspecified atom stereocenters. The number of aryl methyl sites for hydroxylation is 1. The van der Waals surface area contributed by atoms with Crippen LogP contribution in [0.5, 0.6) is 11.8 Å². The Morgan fingerprint density at radius 3 is 2.61 bits per heavy atom. The molecule has 2 heterocycles. The van der Waals surface area contributed by atoms with E-state index in [9.17, 15) is 17.6 Å². The average Bonchev–Trinajstić information content (AvgIpc) is 2.71. The van der Waals surface area contributed by atoms with Crippen molar-refractivity contribution in [2.75, 3.05) is 5.75 Å². The van der Waals surface area contributed by atoms with Crippen molar-refractivity contribution in [3.63, 3.8) is 0 Å². The van der Waals surface area contributed by atoms with Gasteiger partial charge < -0.3 is 9.30 Å². The highest BCUT2D eigenvalue weighted by Gasteiger charge is 2.19. The van der Waals surface area contributed by atoms with Gasteiger partial charge in [-0.25, -0.2) is 17.8 Å². The molecule has 0 amide bonds. The molecular formula is C20H20ClFN4O4S. The Kier molecular flexibility index (Phi) is 7.01. The fourth-order valence-electron chi connectivity index (χ4n) is 2.67. The Morgan fingerprint density at radius 1 is 1.16 bits per heavy atom.